The number of hydrogen-bond donors (Lipinski definition) is 1. The Morgan fingerprint density at radius 2 is 1.72 bits per heavy atom. The molecule has 0 saturated carbocycles. The van der Waals surface area contributed by atoms with Crippen molar-refractivity contribution >= 4 is 5.97 Å². The average molecular weight is 618 g/mol. The third-order valence-corrected chi connectivity index (χ3v) is 9.65. The zero-order chi connectivity index (χ0) is 32.3. The van der Waals surface area contributed by atoms with E-state index in [1.54, 1.807) is 0 Å². The van der Waals surface area contributed by atoms with Crippen LogP contribution in [0.5, 0.6) is 5.75 Å². The van der Waals surface area contributed by atoms with Crippen LogP contribution in [0.2, 0.25) is 0 Å². The maximum absolute atomic E-state index is 11.5. The number of piperidine rings is 1. The van der Waals surface area contributed by atoms with E-state index in [2.05, 4.69) is 72.5 Å². The molecule has 3 aromatic carbocycles. The summed E-state index contributed by atoms with van der Waals surface area (Å²) >= 11 is 0. The maximum Gasteiger partial charge on any atom is 0.341 e. The van der Waals surface area contributed by atoms with E-state index in [0.717, 1.165) is 66.1 Å². The molecule has 2 fully saturated rings. The smallest absolute Gasteiger partial charge is 0.341 e. The molecule has 238 valence electrons. The van der Waals surface area contributed by atoms with Crippen LogP contribution in [-0.2, 0) is 21.5 Å². The van der Waals surface area contributed by atoms with Crippen molar-refractivity contribution in [2.45, 2.75) is 57.8 Å². The second kappa shape index (κ2) is 13.6. The van der Waals surface area contributed by atoms with Gasteiger partial charge >= 0.3 is 5.97 Å². The number of benzene rings is 3. The van der Waals surface area contributed by atoms with Gasteiger partial charge in [0.25, 0.3) is 0 Å². The topological polar surface area (TPSA) is 84.8 Å². The summed E-state index contributed by atoms with van der Waals surface area (Å²) in [4.78, 5) is 23.2. The largest absolute Gasteiger partial charge is 0.482 e. The van der Waals surface area contributed by atoms with E-state index in [4.69, 9.17) is 9.47 Å². The molecule has 4 atom stereocenters. The highest BCUT2D eigenvalue weighted by molar-refractivity contribution is 5.68. The van der Waals surface area contributed by atoms with Gasteiger partial charge in [-0.25, -0.2) is 14.8 Å². The van der Waals surface area contributed by atoms with Gasteiger partial charge in [-0.05, 0) is 48.9 Å². The normalized spacial score (nSPS) is 21.7. The fraction of sp³-hybridized carbons (Fsp3) is 0.359. The van der Waals surface area contributed by atoms with Crippen LogP contribution >= 0.6 is 0 Å². The predicted octanol–water partition coefficient (Wildman–Crippen LogP) is 7.48. The number of aromatic nitrogens is 2. The van der Waals surface area contributed by atoms with Gasteiger partial charge in [-0.1, -0.05) is 92.7 Å². The van der Waals surface area contributed by atoms with Crippen molar-refractivity contribution in [3.8, 4) is 17.1 Å². The number of hydrogen-bond acceptors (Lipinski definition) is 6. The molecule has 0 spiro atoms. The van der Waals surface area contributed by atoms with Gasteiger partial charge in [-0.3, -0.25) is 4.90 Å². The van der Waals surface area contributed by atoms with Crippen molar-refractivity contribution in [3.63, 3.8) is 0 Å². The van der Waals surface area contributed by atoms with Gasteiger partial charge < -0.3 is 14.6 Å². The number of nitrogens with zero attached hydrogens (tertiary/aromatic N) is 3. The number of rotatable bonds is 10. The number of carboxylic acid groups (broad SMARTS) is 1. The summed E-state index contributed by atoms with van der Waals surface area (Å²) in [5, 5.41) is 9.42. The molecule has 3 heterocycles. The Hall–Kier alpha value is -4.33. The molecule has 0 unspecified atom stereocenters. The Labute approximate surface area is 271 Å². The first-order valence-electron chi connectivity index (χ1n) is 16.1. The van der Waals surface area contributed by atoms with Crippen molar-refractivity contribution in [2.75, 3.05) is 19.7 Å². The van der Waals surface area contributed by atoms with E-state index in [9.17, 15) is 9.90 Å². The molecule has 0 aliphatic carbocycles. The molecule has 1 N–H and O–H groups in total. The first kappa shape index (κ1) is 31.6. The fourth-order valence-corrected chi connectivity index (χ4v) is 7.00. The summed E-state index contributed by atoms with van der Waals surface area (Å²) in [6.45, 7) is 13.1. The molecular formula is C39H43N3O4. The van der Waals surface area contributed by atoms with Gasteiger partial charge in [-0.2, -0.15) is 0 Å². The molecular weight excluding hydrogens is 574 g/mol. The monoisotopic (exact) mass is 617 g/mol. The molecule has 2 aliphatic rings. The summed E-state index contributed by atoms with van der Waals surface area (Å²) in [5.41, 5.74) is 6.12. The van der Waals surface area contributed by atoms with E-state index in [-0.39, 0.29) is 23.5 Å². The second-order valence-corrected chi connectivity index (χ2v) is 13.3. The molecule has 0 amide bonds. The Morgan fingerprint density at radius 3 is 2.39 bits per heavy atom. The molecule has 4 aromatic rings. The highest BCUT2D eigenvalue weighted by Gasteiger charge is 2.43. The SMILES string of the molecule is C=C(C)[C@H]1C[C@@H]2CN(Cc3cnc(-c4ccccc4)nc3)CC[C@@H]2O[C@@H]1c1cc(C(C)(C)c2ccccc2)ccc1OCC(=O)O. The van der Waals surface area contributed by atoms with Gasteiger partial charge in [-0.15, -0.1) is 0 Å². The third-order valence-electron chi connectivity index (χ3n) is 9.65. The third kappa shape index (κ3) is 6.91. The number of fused-ring (bicyclic) bond motifs is 1. The number of carbonyl (C=O) groups is 1. The highest BCUT2D eigenvalue weighted by atomic mass is 16.5. The van der Waals surface area contributed by atoms with Crippen LogP contribution in [-0.4, -0.2) is 51.7 Å². The van der Waals surface area contributed by atoms with Crippen LogP contribution in [0.3, 0.4) is 0 Å². The van der Waals surface area contributed by atoms with E-state index in [1.165, 1.54) is 5.56 Å². The number of carboxylic acids is 1. The molecule has 2 aliphatic heterocycles. The van der Waals surface area contributed by atoms with Crippen LogP contribution in [0.15, 0.2) is 103 Å². The molecule has 2 saturated heterocycles. The van der Waals surface area contributed by atoms with Gasteiger partial charge in [0.1, 0.15) is 5.75 Å². The van der Waals surface area contributed by atoms with Crippen LogP contribution in [0.4, 0.5) is 0 Å². The molecule has 6 rings (SSSR count). The van der Waals surface area contributed by atoms with E-state index < -0.39 is 12.6 Å². The lowest BCUT2D eigenvalue weighted by atomic mass is 9.74. The predicted molar refractivity (Wildman–Crippen MR) is 180 cm³/mol. The first-order chi connectivity index (χ1) is 22.2. The quantitative estimate of drug-likeness (QED) is 0.185. The summed E-state index contributed by atoms with van der Waals surface area (Å²) in [7, 11) is 0. The number of ether oxygens (including phenoxy) is 2. The van der Waals surface area contributed by atoms with Crippen LogP contribution in [0, 0.1) is 11.8 Å². The van der Waals surface area contributed by atoms with Gasteiger partial charge in [0, 0.05) is 60.1 Å². The summed E-state index contributed by atoms with van der Waals surface area (Å²) in [5.74, 6) is 0.705. The van der Waals surface area contributed by atoms with E-state index in [1.807, 2.05) is 60.9 Å². The summed E-state index contributed by atoms with van der Waals surface area (Å²) in [6.07, 6.45) is 5.54. The lowest BCUT2D eigenvalue weighted by Gasteiger charge is -2.47. The van der Waals surface area contributed by atoms with E-state index in [0.29, 0.717) is 11.7 Å². The minimum absolute atomic E-state index is 0.0666. The molecule has 7 heteroatoms. The Balaban J connectivity index is 1.22. The van der Waals surface area contributed by atoms with Gasteiger partial charge in [0.05, 0.1) is 12.2 Å². The molecule has 46 heavy (non-hydrogen) atoms. The maximum atomic E-state index is 11.5. The lowest BCUT2D eigenvalue weighted by Crippen LogP contribution is -2.48. The van der Waals surface area contributed by atoms with Crippen LogP contribution < -0.4 is 4.74 Å². The van der Waals surface area contributed by atoms with Gasteiger partial charge in [0.2, 0.25) is 0 Å². The Morgan fingerprint density at radius 1 is 1.02 bits per heavy atom. The number of aliphatic carboxylic acids is 1. The lowest BCUT2D eigenvalue weighted by molar-refractivity contribution is -0.140. The number of likely N-dealkylation sites (tertiary alicyclic amines) is 1. The molecule has 7 nitrogen and oxygen atoms in total. The van der Waals surface area contributed by atoms with Crippen LogP contribution in [0.25, 0.3) is 11.4 Å². The van der Waals surface area contributed by atoms with Gasteiger partial charge in [0.15, 0.2) is 12.4 Å². The first-order valence-corrected chi connectivity index (χ1v) is 16.1. The van der Waals surface area contributed by atoms with Crippen molar-refractivity contribution < 1.29 is 19.4 Å². The second-order valence-electron chi connectivity index (χ2n) is 13.3. The highest BCUT2D eigenvalue weighted by Crippen LogP contribution is 2.48. The van der Waals surface area contributed by atoms with Crippen LogP contribution in [0.1, 0.15) is 62.0 Å². The standard InChI is InChI=1S/C39H43N3O4/c1-26(2)32-19-29-24-42(23-27-21-40-38(41-22-27)28-11-7-5-8-12-28)18-17-34(29)46-37(32)33-20-31(15-16-35(33)45-25-36(43)44)39(3,4)30-13-9-6-10-14-30/h5-16,20-22,29,32,34,37H,1,17-19,23-25H2,2-4H3,(H,43,44)/t29-,32-,34+,37+/m1/s1. The van der Waals surface area contributed by atoms with E-state index >= 15 is 0 Å². The van der Waals surface area contributed by atoms with Crippen molar-refractivity contribution in [2.24, 2.45) is 11.8 Å². The zero-order valence-corrected chi connectivity index (χ0v) is 26.9. The molecule has 0 radical (unpaired) electrons. The molecule has 0 bridgehead atoms. The molecule has 1 aromatic heterocycles. The minimum Gasteiger partial charge on any atom is -0.482 e. The zero-order valence-electron chi connectivity index (χ0n) is 26.9. The summed E-state index contributed by atoms with van der Waals surface area (Å²) < 4.78 is 12.9. The average Bonchev–Trinajstić information content (AvgIpc) is 3.07. The van der Waals surface area contributed by atoms with Crippen molar-refractivity contribution in [3.05, 3.63) is 126 Å². The summed E-state index contributed by atoms with van der Waals surface area (Å²) in [6, 6.07) is 26.6. The van der Waals surface area contributed by atoms with Crippen molar-refractivity contribution in [1.29, 1.82) is 0 Å². The van der Waals surface area contributed by atoms with Crippen molar-refractivity contribution in [1.82, 2.24) is 14.9 Å². The minimum atomic E-state index is -1.01. The Kier molecular flexibility index (Phi) is 9.34. The Bertz CT molecular complexity index is 1660. The fourth-order valence-electron chi connectivity index (χ4n) is 7.00.